The number of halogens is 8. The largest absolute Gasteiger partial charge is 0.435 e. The average molecular weight is 1890 g/mol. The van der Waals surface area contributed by atoms with Crippen LogP contribution in [0, 0.1) is 36.4 Å². The van der Waals surface area contributed by atoms with Gasteiger partial charge < -0.3 is 86.7 Å². The second kappa shape index (κ2) is 43.3. The zero-order chi connectivity index (χ0) is 96.8. The molecular weight excluding hydrogens is 1800 g/mol. The van der Waals surface area contributed by atoms with Gasteiger partial charge in [-0.3, -0.25) is 59.6 Å². The molecule has 8 heterocycles. The van der Waals surface area contributed by atoms with Crippen molar-refractivity contribution < 1.29 is 122 Å². The molecule has 4 saturated heterocycles. The van der Waals surface area contributed by atoms with Crippen molar-refractivity contribution in [2.45, 2.75) is 98.0 Å². The minimum atomic E-state index is -4.82. The topological polar surface area (TPSA) is 429 Å². The fraction of sp³-hybridized carbons (Fsp3) is 0.344. The number of aliphatic hydroxyl groups is 4. The van der Waals surface area contributed by atoms with E-state index in [-0.39, 0.29) is 141 Å². The third-order valence-electron chi connectivity index (χ3n) is 22.8. The number of morpholine rings is 4. The van der Waals surface area contributed by atoms with Crippen LogP contribution in [0.25, 0.3) is 44.1 Å². The van der Waals surface area contributed by atoms with Crippen molar-refractivity contribution in [2.75, 3.05) is 146 Å². The van der Waals surface area contributed by atoms with Crippen LogP contribution in [0.5, 0.6) is 11.5 Å². The van der Waals surface area contributed by atoms with Gasteiger partial charge in [0.1, 0.15) is 43.7 Å². The summed E-state index contributed by atoms with van der Waals surface area (Å²) in [5.74, 6) is -3.70. The number of carbonyl (C=O) groups excluding carboxylic acids is 8. The molecule has 17 rings (SSSR count). The molecule has 4 aromatic heterocycles. The number of benzene rings is 8. The maximum absolute atomic E-state index is 13.8. The number of ether oxygens (including phenoxy) is 6. The lowest BCUT2D eigenvalue weighted by Gasteiger charge is -2.28. The smallest absolute Gasteiger partial charge is 0.416 e. The summed E-state index contributed by atoms with van der Waals surface area (Å²) < 4.78 is 140. The van der Waals surface area contributed by atoms with Crippen LogP contribution < -0.4 is 50.3 Å². The quantitative estimate of drug-likeness (QED) is 0.0211. The molecule has 714 valence electrons. The number of anilines is 8. The van der Waals surface area contributed by atoms with E-state index in [0.717, 1.165) is 40.7 Å². The molecule has 1 atom stereocenters. The summed E-state index contributed by atoms with van der Waals surface area (Å²) in [5.41, 5.74) is 8.27. The van der Waals surface area contributed by atoms with Crippen LogP contribution in [0.4, 0.5) is 81.7 Å². The molecule has 43 heteroatoms. The highest BCUT2D eigenvalue weighted by molar-refractivity contribution is 6.09. The highest BCUT2D eigenvalue weighted by atomic mass is 19.4. The molecule has 1 aliphatic carbocycles. The molecule has 5 fully saturated rings. The lowest BCUT2D eigenvalue weighted by Crippen LogP contribution is -2.42. The molecule has 0 unspecified atom stereocenters. The number of nitrogens with zero attached hydrogens (tertiary/aromatic N) is 13. The van der Waals surface area contributed by atoms with Gasteiger partial charge in [-0.05, 0) is 197 Å². The number of imidazole rings is 4. The SMILES string of the molecule is C[C@H](CCO)n1c(NC(=O)c2cccc(OC(F)F)c2)nc2cc(N3CCOCC3=O)ccc21.Cc1cc2c(cc1N1CCOCC1=O)nc(NC(=O)c1cc(F)cc(C(F)(F)F)c1)n2CCCO.Cc1cc2c(cc1N1CCOCC1=O)nc(NC(=O)c1cccc(C#N)c1)n2CCCO.O=C(Nc1nc2cc(N3CCOCC3=O)ccc2n1CC1(CO)CC1)c1cccc(OC(F)F)c1. The molecule has 8 N–H and O–H groups in total. The Hall–Kier alpha value is -14.4. The van der Waals surface area contributed by atoms with Gasteiger partial charge in [-0.1, -0.05) is 18.2 Å². The first-order valence-electron chi connectivity index (χ1n) is 43.1. The number of fused-ring (bicyclic) bond motifs is 4. The van der Waals surface area contributed by atoms with E-state index in [0.29, 0.717) is 170 Å². The molecule has 0 bridgehead atoms. The molecule has 5 aliphatic rings. The summed E-state index contributed by atoms with van der Waals surface area (Å²) in [5, 5.41) is 57.8. The molecule has 35 nitrogen and oxygen atoms in total. The molecule has 12 aromatic rings. The van der Waals surface area contributed by atoms with E-state index in [9.17, 15) is 93.9 Å². The van der Waals surface area contributed by atoms with Crippen LogP contribution in [0.1, 0.15) is 109 Å². The van der Waals surface area contributed by atoms with Gasteiger partial charge in [0.05, 0.1) is 94.4 Å². The van der Waals surface area contributed by atoms with Crippen LogP contribution in [0.3, 0.4) is 0 Å². The lowest BCUT2D eigenvalue weighted by molar-refractivity contribution is -0.138. The summed E-state index contributed by atoms with van der Waals surface area (Å²) in [6, 6.07) is 38.8. The third kappa shape index (κ3) is 23.1. The van der Waals surface area contributed by atoms with Gasteiger partial charge in [0, 0.05) is 122 Å². The van der Waals surface area contributed by atoms with Gasteiger partial charge in [0.15, 0.2) is 0 Å². The number of nitriles is 1. The van der Waals surface area contributed by atoms with E-state index in [4.69, 9.17) is 24.2 Å². The zero-order valence-corrected chi connectivity index (χ0v) is 73.5. The van der Waals surface area contributed by atoms with E-state index >= 15 is 0 Å². The molecule has 4 aliphatic heterocycles. The van der Waals surface area contributed by atoms with E-state index in [1.54, 1.807) is 83.3 Å². The number of amides is 8. The number of aryl methyl sites for hydroxylation is 4. The fourth-order valence-corrected chi connectivity index (χ4v) is 15.8. The average Bonchev–Trinajstić information content (AvgIpc) is 1.61. The molecular formula is C93H93F8N17O18. The number of aliphatic hydroxyl groups excluding tert-OH is 4. The van der Waals surface area contributed by atoms with E-state index in [1.807, 2.05) is 60.2 Å². The summed E-state index contributed by atoms with van der Waals surface area (Å²) in [4.78, 5) is 125. The van der Waals surface area contributed by atoms with Gasteiger partial charge in [-0.15, -0.1) is 0 Å². The predicted octanol–water partition coefficient (Wildman–Crippen LogP) is 11.9. The standard InChI is InChI=1S/C24H24F2N4O5.C23H22F4N4O4.C23H24F2N4O5.C23H23N5O4/c25-22(26)35-17-3-1-2-15(10-17)21(33)28-23-27-18-11-16(29-8-9-34-12-20(29)32)4-5-19(18)30(23)13-24(14-31)6-7-24;1-13-7-19-17(11-18(13)30-4-6-35-12-20(30)33)28-22(31(19)3-2-5-32)29-21(34)14-8-15(23(25,26)27)10-16(24)9-14;1-14(7-9-30)29-19-6-5-16(28-8-10-33-13-20(28)31)12-18(19)26-23(29)27-21(32)15-3-2-4-17(11-15)34-22(24)25;1-15-10-20-18(12-19(15)27-7-9-32-14-21(27)30)25-23(28(20)6-3-8-29)26-22(31)17-5-2-4-16(11-17)13-24/h1-5,10-11,22,31H,6-9,12-14H2,(H,27,28,33);7-11,32H,2-6,12H2,1H3,(H,28,29,34);2-6,11-12,14,22,30H,7-10,13H2,1H3,(H,26,27,32);2,4-5,10-12,29H,3,6-9,14H2,1H3,(H,25,26,31)/t;;14-;/m..1./s1. The number of rotatable bonds is 28. The van der Waals surface area contributed by atoms with Gasteiger partial charge in [-0.2, -0.15) is 36.0 Å². The van der Waals surface area contributed by atoms with Gasteiger partial charge >= 0.3 is 19.4 Å². The molecule has 1 saturated carbocycles. The van der Waals surface area contributed by atoms with Crippen LogP contribution in [-0.2, 0) is 63.9 Å². The minimum absolute atomic E-state index is 0.00335. The molecule has 0 radical (unpaired) electrons. The summed E-state index contributed by atoms with van der Waals surface area (Å²) in [6.07, 6.45) is -1.91. The Bertz CT molecular complexity index is 6530. The first-order chi connectivity index (χ1) is 65.3. The molecule has 8 aromatic carbocycles. The first kappa shape index (κ1) is 97.6. The summed E-state index contributed by atoms with van der Waals surface area (Å²) in [7, 11) is 0. The van der Waals surface area contributed by atoms with Crippen LogP contribution in [0.2, 0.25) is 0 Å². The number of aromatic nitrogens is 8. The van der Waals surface area contributed by atoms with Gasteiger partial charge in [0.25, 0.3) is 47.3 Å². The monoisotopic (exact) mass is 1890 g/mol. The van der Waals surface area contributed by atoms with Gasteiger partial charge in [0.2, 0.25) is 23.8 Å². The lowest BCUT2D eigenvalue weighted by atomic mass is 10.1. The van der Waals surface area contributed by atoms with Crippen LogP contribution in [-0.4, -0.2) is 225 Å². The fourth-order valence-electron chi connectivity index (χ4n) is 15.8. The van der Waals surface area contributed by atoms with Crippen LogP contribution in [0.15, 0.2) is 152 Å². The highest BCUT2D eigenvalue weighted by Crippen LogP contribution is 2.48. The Morgan fingerprint density at radius 3 is 1.32 bits per heavy atom. The maximum Gasteiger partial charge on any atom is 0.416 e. The second-order valence-corrected chi connectivity index (χ2v) is 32.2. The number of hydrogen-bond acceptors (Lipinski definition) is 23. The Morgan fingerprint density at radius 2 is 0.897 bits per heavy atom. The Labute approximate surface area is 769 Å². The van der Waals surface area contributed by atoms with E-state index in [1.165, 1.54) is 54.6 Å². The molecule has 8 amide bonds. The minimum Gasteiger partial charge on any atom is -0.435 e. The summed E-state index contributed by atoms with van der Waals surface area (Å²) in [6.45, 7) is 3.96. The first-order valence-corrected chi connectivity index (χ1v) is 43.1. The molecule has 136 heavy (non-hydrogen) atoms. The maximum atomic E-state index is 13.8. The van der Waals surface area contributed by atoms with Gasteiger partial charge in [-0.25, -0.2) is 24.3 Å². The van der Waals surface area contributed by atoms with E-state index < -0.39 is 54.1 Å². The second-order valence-electron chi connectivity index (χ2n) is 32.2. The Balaban J connectivity index is 0.000000145. The van der Waals surface area contributed by atoms with Crippen molar-refractivity contribution in [3.63, 3.8) is 0 Å². The Morgan fingerprint density at radius 1 is 0.485 bits per heavy atom. The van der Waals surface area contributed by atoms with Crippen molar-refractivity contribution in [2.24, 2.45) is 5.41 Å². The molecule has 0 spiro atoms. The number of carbonyl (C=O) groups is 8. The highest BCUT2D eigenvalue weighted by Gasteiger charge is 2.44. The van der Waals surface area contributed by atoms with Crippen molar-refractivity contribution >= 4 is 138 Å². The van der Waals surface area contributed by atoms with Crippen molar-refractivity contribution in [3.8, 4) is 17.6 Å². The number of nitrogens with one attached hydrogen (secondary N) is 4. The third-order valence-corrected chi connectivity index (χ3v) is 22.8. The van der Waals surface area contributed by atoms with E-state index in [2.05, 4.69) is 50.7 Å². The van der Waals surface area contributed by atoms with Crippen molar-refractivity contribution in [3.05, 3.63) is 202 Å². The zero-order valence-electron chi connectivity index (χ0n) is 73.5. The summed E-state index contributed by atoms with van der Waals surface area (Å²) >= 11 is 0. The van der Waals surface area contributed by atoms with Crippen LogP contribution >= 0.6 is 0 Å². The number of alkyl halides is 7. The number of hydrogen-bond donors (Lipinski definition) is 8. The normalized spacial score (nSPS) is 15.2. The van der Waals surface area contributed by atoms with Crippen molar-refractivity contribution in [1.82, 2.24) is 38.2 Å². The Kier molecular flexibility index (Phi) is 31.1. The van der Waals surface area contributed by atoms with Crippen molar-refractivity contribution in [1.29, 1.82) is 5.26 Å². The predicted molar refractivity (Wildman–Crippen MR) is 480 cm³/mol.